The highest BCUT2D eigenvalue weighted by Gasteiger charge is 2.16. The van der Waals surface area contributed by atoms with Crippen LogP contribution in [0.3, 0.4) is 0 Å². The molecule has 0 amide bonds. The molecule has 148 valence electrons. The van der Waals surface area contributed by atoms with Gasteiger partial charge >= 0.3 is 0 Å². The largest absolute Gasteiger partial charge is 0.357 e. The van der Waals surface area contributed by atoms with Crippen molar-refractivity contribution in [2.75, 3.05) is 6.54 Å². The zero-order chi connectivity index (χ0) is 19.6. The lowest BCUT2D eigenvalue weighted by Crippen LogP contribution is -2.26. The quantitative estimate of drug-likeness (QED) is 0.476. The molecule has 29 heavy (non-hydrogen) atoms. The van der Waals surface area contributed by atoms with E-state index in [9.17, 15) is 0 Å². The second kappa shape index (κ2) is 7.97. The molecule has 0 saturated heterocycles. The number of benzene rings is 1. The lowest BCUT2D eigenvalue weighted by molar-refractivity contribution is 0.301. The van der Waals surface area contributed by atoms with E-state index in [2.05, 4.69) is 49.9 Å². The van der Waals surface area contributed by atoms with Gasteiger partial charge in [0.25, 0.3) is 0 Å². The fourth-order valence-corrected chi connectivity index (χ4v) is 3.96. The Kier molecular flexibility index (Phi) is 5.04. The first-order chi connectivity index (χ1) is 14.2. The van der Waals surface area contributed by atoms with E-state index < -0.39 is 0 Å². The maximum absolute atomic E-state index is 6.02. The fourth-order valence-electron chi connectivity index (χ4n) is 3.78. The number of fused-ring (bicyclic) bond motifs is 1. The summed E-state index contributed by atoms with van der Waals surface area (Å²) in [6.45, 7) is 2.67. The third-order valence-corrected chi connectivity index (χ3v) is 5.81. The third kappa shape index (κ3) is 4.18. The van der Waals surface area contributed by atoms with Crippen LogP contribution in [0, 0.1) is 5.92 Å². The van der Waals surface area contributed by atoms with Crippen molar-refractivity contribution in [2.45, 2.75) is 32.4 Å². The van der Waals surface area contributed by atoms with Crippen molar-refractivity contribution < 1.29 is 0 Å². The van der Waals surface area contributed by atoms with E-state index >= 15 is 0 Å². The Hall–Kier alpha value is -2.70. The molecule has 1 aliphatic carbocycles. The van der Waals surface area contributed by atoms with Gasteiger partial charge in [-0.15, -0.1) is 5.10 Å². The second-order valence-corrected chi connectivity index (χ2v) is 8.27. The van der Waals surface area contributed by atoms with E-state index in [0.717, 1.165) is 35.8 Å². The van der Waals surface area contributed by atoms with Crippen LogP contribution in [0.2, 0.25) is 5.02 Å². The maximum Gasteiger partial charge on any atom is 0.114 e. The Balaban J connectivity index is 1.27. The lowest BCUT2D eigenvalue weighted by Gasteiger charge is -2.25. The number of halogens is 1. The number of aromatic amines is 1. The minimum atomic E-state index is 0.590. The van der Waals surface area contributed by atoms with Crippen LogP contribution in [0.1, 0.15) is 30.5 Å². The number of H-pyrrole nitrogens is 1. The molecule has 0 spiro atoms. The van der Waals surface area contributed by atoms with E-state index in [1.165, 1.54) is 35.9 Å². The van der Waals surface area contributed by atoms with Crippen molar-refractivity contribution >= 4 is 22.5 Å². The normalized spacial score (nSPS) is 14.4. The van der Waals surface area contributed by atoms with Crippen molar-refractivity contribution in [3.63, 3.8) is 0 Å². The molecule has 1 aromatic carbocycles. The number of nitrogens with one attached hydrogen (secondary N) is 2. The van der Waals surface area contributed by atoms with Crippen molar-refractivity contribution in [3.8, 4) is 11.3 Å². The molecule has 1 saturated carbocycles. The number of pyridine rings is 1. The van der Waals surface area contributed by atoms with Crippen LogP contribution >= 0.6 is 11.6 Å². The molecule has 3 aromatic heterocycles. The molecule has 0 unspecified atom stereocenters. The van der Waals surface area contributed by atoms with Crippen LogP contribution in [0.5, 0.6) is 0 Å². The van der Waals surface area contributed by atoms with Crippen molar-refractivity contribution in [2.24, 2.45) is 5.92 Å². The van der Waals surface area contributed by atoms with E-state index in [0.29, 0.717) is 11.6 Å². The topological polar surface area (TPSA) is 71.4 Å². The standard InChI is InChI=1S/C22H23ClN6/c23-19-7-18(10-25-11-19)22-14-29(28-27-22)13-16-4-5-17-8-20(26-21(17)6-16)12-24-9-15-2-1-3-15/h4-8,10-11,14-15,24,26H,1-3,9,12-13H2. The van der Waals surface area contributed by atoms with Crippen molar-refractivity contribution in [3.05, 3.63) is 65.2 Å². The molecule has 4 aromatic rings. The highest BCUT2D eigenvalue weighted by molar-refractivity contribution is 6.30. The Morgan fingerprint density at radius 2 is 2.10 bits per heavy atom. The molecule has 0 bridgehead atoms. The van der Waals surface area contributed by atoms with Gasteiger partial charge in [0.2, 0.25) is 0 Å². The summed E-state index contributed by atoms with van der Waals surface area (Å²) >= 11 is 6.02. The monoisotopic (exact) mass is 406 g/mol. The number of hydrogen-bond acceptors (Lipinski definition) is 4. The van der Waals surface area contributed by atoms with Gasteiger partial charge in [0.15, 0.2) is 0 Å². The first kappa shape index (κ1) is 18.3. The first-order valence-electron chi connectivity index (χ1n) is 10.1. The first-order valence-corrected chi connectivity index (χ1v) is 10.4. The Labute approximate surface area is 174 Å². The maximum atomic E-state index is 6.02. The summed E-state index contributed by atoms with van der Waals surface area (Å²) < 4.78 is 1.83. The van der Waals surface area contributed by atoms with Crippen LogP contribution in [0.15, 0.2) is 48.9 Å². The van der Waals surface area contributed by atoms with Gasteiger partial charge in [-0.05, 0) is 54.5 Å². The minimum Gasteiger partial charge on any atom is -0.357 e. The minimum absolute atomic E-state index is 0.590. The Bertz CT molecular complexity index is 1130. The van der Waals surface area contributed by atoms with Crippen LogP contribution < -0.4 is 5.32 Å². The van der Waals surface area contributed by atoms with Gasteiger partial charge in [0.05, 0.1) is 17.8 Å². The number of nitrogens with zero attached hydrogens (tertiary/aromatic N) is 4. The van der Waals surface area contributed by atoms with Crippen LogP contribution in [0.25, 0.3) is 22.2 Å². The van der Waals surface area contributed by atoms with Crippen molar-refractivity contribution in [1.29, 1.82) is 0 Å². The van der Waals surface area contributed by atoms with Gasteiger partial charge in [-0.2, -0.15) is 0 Å². The molecule has 5 rings (SSSR count). The Morgan fingerprint density at radius 3 is 2.93 bits per heavy atom. The summed E-state index contributed by atoms with van der Waals surface area (Å²) in [4.78, 5) is 7.65. The van der Waals surface area contributed by atoms with Crippen molar-refractivity contribution in [1.82, 2.24) is 30.3 Å². The highest BCUT2D eigenvalue weighted by Crippen LogP contribution is 2.25. The molecule has 0 aliphatic heterocycles. The number of aromatic nitrogens is 5. The fraction of sp³-hybridized carbons (Fsp3) is 0.318. The van der Waals surface area contributed by atoms with Gasteiger partial charge in [-0.25, -0.2) is 4.68 Å². The number of rotatable bonds is 7. The third-order valence-electron chi connectivity index (χ3n) is 5.60. The summed E-state index contributed by atoms with van der Waals surface area (Å²) in [6, 6.07) is 10.6. The van der Waals surface area contributed by atoms with Crippen LogP contribution in [-0.2, 0) is 13.1 Å². The second-order valence-electron chi connectivity index (χ2n) is 7.84. The SMILES string of the molecule is Clc1cncc(-c2cn(Cc3ccc4cc(CNCC5CCC5)[nH]c4c3)nn2)c1. The molecule has 1 aliphatic rings. The summed E-state index contributed by atoms with van der Waals surface area (Å²) in [7, 11) is 0. The average Bonchev–Trinajstić information content (AvgIpc) is 3.30. The van der Waals surface area contributed by atoms with Gasteiger partial charge < -0.3 is 10.3 Å². The Morgan fingerprint density at radius 1 is 1.17 bits per heavy atom. The number of hydrogen-bond donors (Lipinski definition) is 2. The van der Waals surface area contributed by atoms with Gasteiger partial charge in [-0.3, -0.25) is 4.98 Å². The zero-order valence-electron chi connectivity index (χ0n) is 16.1. The van der Waals surface area contributed by atoms with Crippen LogP contribution in [-0.4, -0.2) is 31.5 Å². The predicted molar refractivity (Wildman–Crippen MR) is 115 cm³/mol. The van der Waals surface area contributed by atoms with E-state index in [4.69, 9.17) is 11.6 Å². The lowest BCUT2D eigenvalue weighted by atomic mass is 9.85. The van der Waals surface area contributed by atoms with E-state index in [1.54, 1.807) is 12.4 Å². The predicted octanol–water partition coefficient (Wildman–Crippen LogP) is 4.41. The van der Waals surface area contributed by atoms with Crippen LogP contribution in [0.4, 0.5) is 0 Å². The molecule has 6 nitrogen and oxygen atoms in total. The zero-order valence-corrected chi connectivity index (χ0v) is 16.9. The molecule has 7 heteroatoms. The van der Waals surface area contributed by atoms with Gasteiger partial charge in [0.1, 0.15) is 5.69 Å². The summed E-state index contributed by atoms with van der Waals surface area (Å²) in [5.74, 6) is 0.876. The molecular weight excluding hydrogens is 384 g/mol. The molecular formula is C22H23ClN6. The molecule has 3 heterocycles. The summed E-state index contributed by atoms with van der Waals surface area (Å²) in [5, 5.41) is 13.9. The summed E-state index contributed by atoms with van der Waals surface area (Å²) in [6.07, 6.45) is 9.42. The summed E-state index contributed by atoms with van der Waals surface area (Å²) in [5.41, 5.74) is 5.19. The molecule has 2 N–H and O–H groups in total. The molecule has 0 atom stereocenters. The average molecular weight is 407 g/mol. The van der Waals surface area contributed by atoms with Gasteiger partial charge in [-0.1, -0.05) is 35.4 Å². The molecule has 1 fully saturated rings. The smallest absolute Gasteiger partial charge is 0.114 e. The molecule has 0 radical (unpaired) electrons. The highest BCUT2D eigenvalue weighted by atomic mass is 35.5. The van der Waals surface area contributed by atoms with Gasteiger partial charge in [0, 0.05) is 35.7 Å². The van der Waals surface area contributed by atoms with E-state index in [1.807, 2.05) is 16.9 Å². The van der Waals surface area contributed by atoms with E-state index in [-0.39, 0.29) is 0 Å².